The Hall–Kier alpha value is -2.05. The van der Waals surface area contributed by atoms with Gasteiger partial charge in [-0.05, 0) is 42.5 Å². The SMILES string of the molecule is C[C@@H]1[C@@H](C)CCC[C@H]1NC(=O)COC(=O)c1ccc(C(F)(F)F)cc1. The van der Waals surface area contributed by atoms with Gasteiger partial charge in [-0.3, -0.25) is 4.79 Å². The topological polar surface area (TPSA) is 55.4 Å². The highest BCUT2D eigenvalue weighted by atomic mass is 19.4. The van der Waals surface area contributed by atoms with Crippen molar-refractivity contribution < 1.29 is 27.5 Å². The van der Waals surface area contributed by atoms with Crippen LogP contribution in [-0.4, -0.2) is 24.5 Å². The molecule has 1 aliphatic carbocycles. The predicted octanol–water partition coefficient (Wildman–Crippen LogP) is 3.80. The Balaban J connectivity index is 1.84. The molecule has 1 saturated carbocycles. The zero-order valence-corrected chi connectivity index (χ0v) is 14.2. The molecule has 1 amide bonds. The number of hydrogen-bond acceptors (Lipinski definition) is 3. The van der Waals surface area contributed by atoms with Gasteiger partial charge in [0.05, 0.1) is 11.1 Å². The highest BCUT2D eigenvalue weighted by Crippen LogP contribution is 2.30. The van der Waals surface area contributed by atoms with Crippen LogP contribution in [-0.2, 0) is 15.7 Å². The molecule has 7 heteroatoms. The Morgan fingerprint density at radius 2 is 1.80 bits per heavy atom. The maximum atomic E-state index is 12.5. The van der Waals surface area contributed by atoms with E-state index in [4.69, 9.17) is 4.74 Å². The summed E-state index contributed by atoms with van der Waals surface area (Å²) >= 11 is 0. The molecular weight excluding hydrogens is 335 g/mol. The molecule has 0 radical (unpaired) electrons. The minimum absolute atomic E-state index is 0.0274. The van der Waals surface area contributed by atoms with Crippen molar-refractivity contribution in [2.75, 3.05) is 6.61 Å². The van der Waals surface area contributed by atoms with Crippen molar-refractivity contribution in [3.05, 3.63) is 35.4 Å². The third kappa shape index (κ3) is 5.21. The van der Waals surface area contributed by atoms with E-state index < -0.39 is 30.2 Å². The van der Waals surface area contributed by atoms with E-state index in [-0.39, 0.29) is 11.6 Å². The third-order valence-electron chi connectivity index (χ3n) is 4.84. The number of amides is 1. The van der Waals surface area contributed by atoms with Gasteiger partial charge in [0.15, 0.2) is 6.61 Å². The number of esters is 1. The summed E-state index contributed by atoms with van der Waals surface area (Å²) in [5.41, 5.74) is -0.873. The van der Waals surface area contributed by atoms with E-state index in [9.17, 15) is 22.8 Å². The first-order valence-corrected chi connectivity index (χ1v) is 8.32. The number of rotatable bonds is 4. The van der Waals surface area contributed by atoms with Crippen LogP contribution in [0.5, 0.6) is 0 Å². The quantitative estimate of drug-likeness (QED) is 0.834. The number of nitrogens with one attached hydrogen (secondary N) is 1. The van der Waals surface area contributed by atoms with Crippen LogP contribution in [0.2, 0.25) is 0 Å². The summed E-state index contributed by atoms with van der Waals surface area (Å²) in [7, 11) is 0. The van der Waals surface area contributed by atoms with Crippen LogP contribution in [0.15, 0.2) is 24.3 Å². The van der Waals surface area contributed by atoms with Crippen molar-refractivity contribution in [1.82, 2.24) is 5.32 Å². The first-order valence-electron chi connectivity index (χ1n) is 8.32. The van der Waals surface area contributed by atoms with E-state index in [1.165, 1.54) is 0 Å². The molecule has 0 aliphatic heterocycles. The van der Waals surface area contributed by atoms with Gasteiger partial charge in [0.1, 0.15) is 0 Å². The summed E-state index contributed by atoms with van der Waals surface area (Å²) in [4.78, 5) is 23.8. The lowest BCUT2D eigenvalue weighted by molar-refractivity contribution is -0.137. The number of alkyl halides is 3. The molecule has 4 nitrogen and oxygen atoms in total. The number of carbonyl (C=O) groups is 2. The maximum Gasteiger partial charge on any atom is 0.416 e. The number of ether oxygens (including phenoxy) is 1. The minimum Gasteiger partial charge on any atom is -0.452 e. The number of hydrogen-bond donors (Lipinski definition) is 1. The Morgan fingerprint density at radius 1 is 1.16 bits per heavy atom. The predicted molar refractivity (Wildman–Crippen MR) is 85.8 cm³/mol. The van der Waals surface area contributed by atoms with Crippen LogP contribution in [0.1, 0.15) is 49.0 Å². The zero-order chi connectivity index (χ0) is 18.6. The molecular formula is C18H22F3NO3. The zero-order valence-electron chi connectivity index (χ0n) is 14.2. The van der Waals surface area contributed by atoms with Gasteiger partial charge in [-0.25, -0.2) is 4.79 Å². The van der Waals surface area contributed by atoms with E-state index in [0.29, 0.717) is 11.8 Å². The molecule has 1 aromatic rings. The molecule has 0 aromatic heterocycles. The standard InChI is InChI=1S/C18H22F3NO3/c1-11-4-3-5-15(12(11)2)22-16(23)10-25-17(24)13-6-8-14(9-7-13)18(19,20)21/h6-9,11-12,15H,3-5,10H2,1-2H3,(H,22,23)/t11-,12+,15+/m0/s1. The summed E-state index contributed by atoms with van der Waals surface area (Å²) in [6.45, 7) is 3.79. The van der Waals surface area contributed by atoms with Crippen LogP contribution < -0.4 is 5.32 Å². The van der Waals surface area contributed by atoms with E-state index in [1.807, 2.05) is 0 Å². The van der Waals surface area contributed by atoms with Crippen molar-refractivity contribution in [3.8, 4) is 0 Å². The monoisotopic (exact) mass is 357 g/mol. The highest BCUT2D eigenvalue weighted by molar-refractivity contribution is 5.91. The second kappa shape index (κ2) is 7.89. The lowest BCUT2D eigenvalue weighted by Crippen LogP contribution is -2.45. The molecule has 2 rings (SSSR count). The summed E-state index contributed by atoms with van der Waals surface area (Å²) in [6, 6.07) is 3.74. The van der Waals surface area contributed by atoms with Crippen LogP contribution in [0.4, 0.5) is 13.2 Å². The molecule has 1 aliphatic rings. The molecule has 138 valence electrons. The fraction of sp³-hybridized carbons (Fsp3) is 0.556. The lowest BCUT2D eigenvalue weighted by atomic mass is 9.78. The van der Waals surface area contributed by atoms with Crippen molar-refractivity contribution in [2.45, 2.75) is 45.3 Å². The molecule has 0 spiro atoms. The van der Waals surface area contributed by atoms with Crippen molar-refractivity contribution >= 4 is 11.9 Å². The van der Waals surface area contributed by atoms with Gasteiger partial charge in [0.25, 0.3) is 5.91 Å². The molecule has 1 N–H and O–H groups in total. The fourth-order valence-corrected chi connectivity index (χ4v) is 3.04. The van der Waals surface area contributed by atoms with Gasteiger partial charge in [-0.1, -0.05) is 26.7 Å². The number of benzene rings is 1. The van der Waals surface area contributed by atoms with Crippen molar-refractivity contribution in [1.29, 1.82) is 0 Å². The minimum atomic E-state index is -4.46. The van der Waals surface area contributed by atoms with Gasteiger partial charge in [0, 0.05) is 6.04 Å². The third-order valence-corrected chi connectivity index (χ3v) is 4.84. The van der Waals surface area contributed by atoms with Crippen molar-refractivity contribution in [2.24, 2.45) is 11.8 Å². The average molecular weight is 357 g/mol. The van der Waals surface area contributed by atoms with Crippen LogP contribution in [0, 0.1) is 11.8 Å². The van der Waals surface area contributed by atoms with Gasteiger partial charge >= 0.3 is 12.1 Å². The Labute approximate surface area is 144 Å². The van der Waals surface area contributed by atoms with Gasteiger partial charge in [0.2, 0.25) is 0 Å². The van der Waals surface area contributed by atoms with Crippen molar-refractivity contribution in [3.63, 3.8) is 0 Å². The van der Waals surface area contributed by atoms with E-state index in [1.54, 1.807) is 0 Å². The average Bonchev–Trinajstić information content (AvgIpc) is 2.56. The second-order valence-corrected chi connectivity index (χ2v) is 6.59. The Morgan fingerprint density at radius 3 is 2.40 bits per heavy atom. The molecule has 0 unspecified atom stereocenters. The van der Waals surface area contributed by atoms with E-state index >= 15 is 0 Å². The van der Waals surface area contributed by atoms with Crippen LogP contribution in [0.3, 0.4) is 0 Å². The van der Waals surface area contributed by atoms with Crippen LogP contribution >= 0.6 is 0 Å². The molecule has 0 saturated heterocycles. The second-order valence-electron chi connectivity index (χ2n) is 6.59. The first-order chi connectivity index (χ1) is 11.7. The Kier molecular flexibility index (Phi) is 6.08. The molecule has 0 heterocycles. The molecule has 25 heavy (non-hydrogen) atoms. The lowest BCUT2D eigenvalue weighted by Gasteiger charge is -2.34. The fourth-order valence-electron chi connectivity index (χ4n) is 3.04. The molecule has 3 atom stereocenters. The summed E-state index contributed by atoms with van der Waals surface area (Å²) in [5.74, 6) is -0.350. The van der Waals surface area contributed by atoms with Gasteiger partial charge < -0.3 is 10.1 Å². The van der Waals surface area contributed by atoms with E-state index in [2.05, 4.69) is 19.2 Å². The maximum absolute atomic E-state index is 12.5. The van der Waals surface area contributed by atoms with Gasteiger partial charge in [-0.2, -0.15) is 13.2 Å². The smallest absolute Gasteiger partial charge is 0.416 e. The normalized spacial score (nSPS) is 23.8. The van der Waals surface area contributed by atoms with Gasteiger partial charge in [-0.15, -0.1) is 0 Å². The summed E-state index contributed by atoms with van der Waals surface area (Å²) < 4.78 is 42.3. The molecule has 1 aromatic carbocycles. The first kappa shape index (κ1) is 19.3. The summed E-state index contributed by atoms with van der Waals surface area (Å²) in [6.07, 6.45) is -1.39. The number of halogens is 3. The largest absolute Gasteiger partial charge is 0.452 e. The van der Waals surface area contributed by atoms with E-state index in [0.717, 1.165) is 43.5 Å². The molecule has 1 fully saturated rings. The highest BCUT2D eigenvalue weighted by Gasteiger charge is 2.30. The number of carbonyl (C=O) groups excluding carboxylic acids is 2. The van der Waals surface area contributed by atoms with Crippen LogP contribution in [0.25, 0.3) is 0 Å². The summed E-state index contributed by atoms with van der Waals surface area (Å²) in [5, 5.41) is 2.87. The molecule has 0 bridgehead atoms. The Bertz CT molecular complexity index is 613.